The van der Waals surface area contributed by atoms with E-state index in [1.165, 1.54) is 28.6 Å². The Labute approximate surface area is 305 Å². The van der Waals surface area contributed by atoms with E-state index in [1.807, 2.05) is 69.0 Å². The van der Waals surface area contributed by atoms with Gasteiger partial charge in [0.05, 0.1) is 43.3 Å². The summed E-state index contributed by atoms with van der Waals surface area (Å²) in [5.41, 5.74) is 14.8. The minimum absolute atomic E-state index is 0.105. The van der Waals surface area contributed by atoms with Crippen LogP contribution in [-0.4, -0.2) is 49.8 Å². The quantitative estimate of drug-likeness (QED) is 0.0866. The lowest BCUT2D eigenvalue weighted by Gasteiger charge is -1.95. The highest BCUT2D eigenvalue weighted by atomic mass is 16.6. The van der Waals surface area contributed by atoms with E-state index in [-0.39, 0.29) is 16.3 Å². The molecule has 0 aliphatic carbocycles. The molecule has 4 N–H and O–H groups in total. The molecule has 4 aromatic carbocycles. The molecule has 0 unspecified atom stereocenters. The summed E-state index contributed by atoms with van der Waals surface area (Å²) in [6, 6.07) is 23.6. The van der Waals surface area contributed by atoms with Gasteiger partial charge in [0.25, 0.3) is 11.4 Å². The molecular weight excluding hydrogens is 674 g/mol. The van der Waals surface area contributed by atoms with E-state index in [2.05, 4.69) is 50.5 Å². The number of nitrogens with two attached hydrogens (primary N) is 1. The van der Waals surface area contributed by atoms with E-state index in [4.69, 9.17) is 5.73 Å². The fourth-order valence-electron chi connectivity index (χ4n) is 6.04. The average molecular weight is 718 g/mol. The number of para-hydroxylation sites is 1. The van der Waals surface area contributed by atoms with Crippen LogP contribution in [0.25, 0.3) is 43.6 Å². The number of aromatic amines is 2. The number of fused-ring (bicyclic) bond motifs is 4. The maximum absolute atomic E-state index is 10.6. The molecule has 0 aliphatic heterocycles. The van der Waals surface area contributed by atoms with Crippen molar-refractivity contribution in [3.63, 3.8) is 0 Å². The van der Waals surface area contributed by atoms with E-state index in [0.29, 0.717) is 0 Å². The number of benzene rings is 4. The lowest BCUT2D eigenvalue weighted by atomic mass is 10.1. The Bertz CT molecular complexity index is 2530. The minimum Gasteiger partial charge on any atom is -0.399 e. The molecule has 0 atom stereocenters. The molecular formula is C38H43N11O4. The van der Waals surface area contributed by atoms with Crippen LogP contribution in [0, 0.1) is 20.2 Å². The van der Waals surface area contributed by atoms with Crippen LogP contribution >= 0.6 is 0 Å². The van der Waals surface area contributed by atoms with Crippen LogP contribution in [-0.2, 0) is 39.8 Å². The summed E-state index contributed by atoms with van der Waals surface area (Å²) in [5, 5.41) is 48.1. The summed E-state index contributed by atoms with van der Waals surface area (Å²) in [6.07, 6.45) is 3.53. The van der Waals surface area contributed by atoms with Crippen molar-refractivity contribution in [1.29, 1.82) is 0 Å². The number of nitrogens with zero attached hydrogens (tertiary/aromatic N) is 8. The fraction of sp³-hybridized carbons (Fsp3) is 0.263. The summed E-state index contributed by atoms with van der Waals surface area (Å²) < 4.78 is 3.64. The van der Waals surface area contributed by atoms with Crippen molar-refractivity contribution >= 4 is 60.7 Å². The summed E-state index contributed by atoms with van der Waals surface area (Å²) in [4.78, 5) is 20.4. The van der Waals surface area contributed by atoms with Crippen LogP contribution in [0.1, 0.15) is 50.5 Å². The third-order valence-electron chi connectivity index (χ3n) is 8.82. The normalized spacial score (nSPS) is 10.8. The van der Waals surface area contributed by atoms with Crippen molar-refractivity contribution in [2.24, 2.45) is 14.1 Å². The number of anilines is 1. The number of nitro groups is 2. The molecule has 4 heterocycles. The number of nitrogens with one attached hydrogen (secondary N) is 2. The zero-order valence-electron chi connectivity index (χ0n) is 30.6. The third-order valence-corrected chi connectivity index (χ3v) is 8.82. The Kier molecular flexibility index (Phi) is 11.8. The molecule has 0 bridgehead atoms. The Morgan fingerprint density at radius 2 is 1.08 bits per heavy atom. The average Bonchev–Trinajstić information content (AvgIpc) is 3.94. The number of hydrogen-bond donors (Lipinski definition) is 3. The van der Waals surface area contributed by atoms with Crippen LogP contribution in [0.2, 0.25) is 0 Å². The standard InChI is InChI=1S/C10H11N3O2.C10H13N3.C9H9N3O2.C9H10N2/c1-3-9-8-6-7(13(14)15)4-5-10(8)12(2)11-9;1-3-9-8-6-7(11)4-5-10(8)13(2)12-9;1-2-8-7-5-6(12(13)14)3-4-9(7)11-10-8;1-2-8-7-5-3-4-6-9(7)11-10-8/h4-6H,3H2,1-2H3;4-6H,3,11H2,1-2H3;3-5H,2H2,1H3,(H,10,11);3-6H,2H2,1H3,(H,10,11). The monoisotopic (exact) mass is 717 g/mol. The van der Waals surface area contributed by atoms with Gasteiger partial charge in [-0.05, 0) is 62.1 Å². The maximum atomic E-state index is 10.6. The number of H-pyrrole nitrogens is 2. The van der Waals surface area contributed by atoms with Gasteiger partial charge >= 0.3 is 0 Å². The highest BCUT2D eigenvalue weighted by Crippen LogP contribution is 2.25. The van der Waals surface area contributed by atoms with Gasteiger partial charge in [-0.3, -0.25) is 39.8 Å². The summed E-state index contributed by atoms with van der Waals surface area (Å²) >= 11 is 0. The molecule has 53 heavy (non-hydrogen) atoms. The number of nitrogen functional groups attached to an aromatic ring is 1. The van der Waals surface area contributed by atoms with Crippen molar-refractivity contribution in [3.05, 3.63) is 122 Å². The SMILES string of the molecule is CCc1[nH]nc2ccc([N+](=O)[O-])cc12.CCc1[nH]nc2ccccc12.CCc1nn(C)c2ccc(N)cc12.CCc1nn(C)c2ccc([N+](=O)[O-])cc12. The van der Waals surface area contributed by atoms with Gasteiger partial charge in [-0.2, -0.15) is 20.4 Å². The molecule has 15 heteroatoms. The van der Waals surface area contributed by atoms with Gasteiger partial charge in [0, 0.05) is 77.0 Å². The molecule has 8 aromatic rings. The van der Waals surface area contributed by atoms with Gasteiger partial charge in [-0.25, -0.2) is 0 Å². The number of aromatic nitrogens is 8. The van der Waals surface area contributed by atoms with Crippen LogP contribution in [0.3, 0.4) is 0 Å². The first-order valence-corrected chi connectivity index (χ1v) is 17.3. The van der Waals surface area contributed by atoms with Gasteiger partial charge < -0.3 is 5.73 Å². The van der Waals surface area contributed by atoms with Crippen LogP contribution < -0.4 is 5.73 Å². The van der Waals surface area contributed by atoms with Crippen LogP contribution in [0.15, 0.2) is 78.9 Å². The van der Waals surface area contributed by atoms with Crippen LogP contribution in [0.5, 0.6) is 0 Å². The van der Waals surface area contributed by atoms with Crippen molar-refractivity contribution in [3.8, 4) is 0 Å². The number of aryl methyl sites for hydroxylation is 6. The molecule has 0 saturated carbocycles. The first-order chi connectivity index (χ1) is 25.5. The van der Waals surface area contributed by atoms with Crippen LogP contribution in [0.4, 0.5) is 17.1 Å². The number of rotatable bonds is 6. The first-order valence-electron chi connectivity index (χ1n) is 17.3. The highest BCUT2D eigenvalue weighted by Gasteiger charge is 2.13. The predicted molar refractivity (Wildman–Crippen MR) is 209 cm³/mol. The van der Waals surface area contributed by atoms with Crippen molar-refractivity contribution in [2.75, 3.05) is 5.73 Å². The summed E-state index contributed by atoms with van der Waals surface area (Å²) in [6.45, 7) is 8.19. The van der Waals surface area contributed by atoms with E-state index >= 15 is 0 Å². The number of non-ortho nitro benzene ring substituents is 2. The zero-order valence-corrected chi connectivity index (χ0v) is 30.6. The van der Waals surface area contributed by atoms with Crippen molar-refractivity contribution < 1.29 is 9.85 Å². The van der Waals surface area contributed by atoms with Gasteiger partial charge in [-0.1, -0.05) is 45.9 Å². The van der Waals surface area contributed by atoms with E-state index < -0.39 is 4.92 Å². The second kappa shape index (κ2) is 16.6. The second-order valence-electron chi connectivity index (χ2n) is 12.2. The summed E-state index contributed by atoms with van der Waals surface area (Å²) in [7, 11) is 3.80. The fourth-order valence-corrected chi connectivity index (χ4v) is 6.04. The lowest BCUT2D eigenvalue weighted by Crippen LogP contribution is -1.90. The molecule has 8 rings (SSSR count). The Morgan fingerprint density at radius 3 is 1.62 bits per heavy atom. The molecule has 0 amide bonds. The molecule has 0 spiro atoms. The van der Waals surface area contributed by atoms with E-state index in [9.17, 15) is 20.2 Å². The number of nitro benzene ring substituents is 2. The zero-order chi connectivity index (χ0) is 38.2. The molecule has 0 saturated heterocycles. The van der Waals surface area contributed by atoms with Crippen molar-refractivity contribution in [2.45, 2.75) is 53.4 Å². The Hall–Kier alpha value is -6.64. The van der Waals surface area contributed by atoms with Gasteiger partial charge in [-0.15, -0.1) is 0 Å². The molecule has 0 radical (unpaired) electrons. The number of hydrogen-bond acceptors (Lipinski definition) is 9. The third kappa shape index (κ3) is 8.30. The first kappa shape index (κ1) is 37.6. The van der Waals surface area contributed by atoms with Gasteiger partial charge in [0.2, 0.25) is 0 Å². The molecule has 0 fully saturated rings. The Morgan fingerprint density at radius 1 is 0.604 bits per heavy atom. The topological polar surface area (TPSA) is 205 Å². The molecule has 4 aromatic heterocycles. The van der Waals surface area contributed by atoms with E-state index in [0.717, 1.165) is 81.3 Å². The van der Waals surface area contributed by atoms with E-state index in [1.54, 1.807) is 28.9 Å². The summed E-state index contributed by atoms with van der Waals surface area (Å²) in [5.74, 6) is 0. The molecule has 15 nitrogen and oxygen atoms in total. The molecule has 0 aliphatic rings. The lowest BCUT2D eigenvalue weighted by molar-refractivity contribution is -0.384. The maximum Gasteiger partial charge on any atom is 0.270 e. The van der Waals surface area contributed by atoms with Crippen molar-refractivity contribution in [1.82, 2.24) is 40.0 Å². The second-order valence-corrected chi connectivity index (χ2v) is 12.2. The van der Waals surface area contributed by atoms with Gasteiger partial charge in [0.1, 0.15) is 0 Å². The highest BCUT2D eigenvalue weighted by molar-refractivity contribution is 5.86. The Balaban J connectivity index is 0.000000137. The van der Waals surface area contributed by atoms with Gasteiger partial charge in [0.15, 0.2) is 0 Å². The minimum atomic E-state index is -0.397. The largest absolute Gasteiger partial charge is 0.399 e. The predicted octanol–water partition coefficient (Wildman–Crippen LogP) is 7.92. The smallest absolute Gasteiger partial charge is 0.270 e. The molecule has 274 valence electrons.